The molecule has 0 spiro atoms. The monoisotopic (exact) mass is 231 g/mol. The van der Waals surface area contributed by atoms with Gasteiger partial charge in [0, 0.05) is 6.54 Å². The molecule has 1 aromatic carbocycles. The molecule has 1 aliphatic rings. The zero-order valence-corrected chi connectivity index (χ0v) is 10.3. The van der Waals surface area contributed by atoms with E-state index in [-0.39, 0.29) is 0 Å². The highest BCUT2D eigenvalue weighted by Crippen LogP contribution is 2.24. The molecule has 1 fully saturated rings. The Balaban J connectivity index is 1.90. The van der Waals surface area contributed by atoms with E-state index in [0.717, 1.165) is 18.7 Å². The van der Waals surface area contributed by atoms with Gasteiger partial charge in [-0.15, -0.1) is 6.58 Å². The fraction of sp³-hybridized carbons (Fsp3) is 0.467. The highest BCUT2D eigenvalue weighted by atomic mass is 16.5. The van der Waals surface area contributed by atoms with Gasteiger partial charge in [-0.05, 0) is 49.4 Å². The van der Waals surface area contributed by atoms with E-state index in [1.807, 2.05) is 6.08 Å². The molecule has 1 atom stereocenters. The predicted octanol–water partition coefficient (Wildman–Crippen LogP) is 3.11. The van der Waals surface area contributed by atoms with Crippen LogP contribution < -0.4 is 10.1 Å². The van der Waals surface area contributed by atoms with E-state index in [0.29, 0.717) is 12.5 Å². The lowest BCUT2D eigenvalue weighted by Crippen LogP contribution is -2.28. The van der Waals surface area contributed by atoms with Crippen LogP contribution in [0.3, 0.4) is 0 Å². The summed E-state index contributed by atoms with van der Waals surface area (Å²) in [6.45, 7) is 6.67. The Morgan fingerprint density at radius 1 is 1.35 bits per heavy atom. The van der Waals surface area contributed by atoms with Crippen molar-refractivity contribution in [3.8, 4) is 5.75 Å². The molecule has 0 radical (unpaired) electrons. The van der Waals surface area contributed by atoms with E-state index >= 15 is 0 Å². The zero-order chi connectivity index (χ0) is 11.9. The van der Waals surface area contributed by atoms with Crippen molar-refractivity contribution in [2.45, 2.75) is 25.2 Å². The molecule has 1 saturated heterocycles. The highest BCUT2D eigenvalue weighted by molar-refractivity contribution is 5.29. The van der Waals surface area contributed by atoms with Crippen molar-refractivity contribution in [3.05, 3.63) is 42.5 Å². The number of nitrogens with one attached hydrogen (secondary N) is 1. The van der Waals surface area contributed by atoms with Gasteiger partial charge in [-0.25, -0.2) is 0 Å². The zero-order valence-electron chi connectivity index (χ0n) is 10.3. The number of hydrogen-bond donors (Lipinski definition) is 1. The van der Waals surface area contributed by atoms with Crippen LogP contribution in [0.2, 0.25) is 0 Å². The molecule has 1 unspecified atom stereocenters. The minimum absolute atomic E-state index is 0.672. The lowest BCUT2D eigenvalue weighted by atomic mass is 9.92. The second kappa shape index (κ2) is 6.45. The van der Waals surface area contributed by atoms with E-state index in [9.17, 15) is 0 Å². The van der Waals surface area contributed by atoms with Crippen LogP contribution in [0.5, 0.6) is 5.75 Å². The SMILES string of the molecule is C=CCCOc1ccc(C2CCCNC2)cc1. The Morgan fingerprint density at radius 3 is 2.82 bits per heavy atom. The number of hydrogen-bond acceptors (Lipinski definition) is 2. The van der Waals surface area contributed by atoms with Crippen molar-refractivity contribution in [1.82, 2.24) is 5.32 Å². The van der Waals surface area contributed by atoms with Gasteiger partial charge in [-0.1, -0.05) is 18.2 Å². The summed E-state index contributed by atoms with van der Waals surface area (Å²) in [5.41, 5.74) is 1.42. The van der Waals surface area contributed by atoms with E-state index in [1.165, 1.54) is 24.9 Å². The second-order valence-corrected chi connectivity index (χ2v) is 4.54. The minimum Gasteiger partial charge on any atom is -0.493 e. The maximum Gasteiger partial charge on any atom is 0.119 e. The summed E-state index contributed by atoms with van der Waals surface area (Å²) in [7, 11) is 0. The fourth-order valence-electron chi connectivity index (χ4n) is 2.23. The van der Waals surface area contributed by atoms with Gasteiger partial charge in [0.25, 0.3) is 0 Å². The molecule has 2 rings (SSSR count). The molecular weight excluding hydrogens is 210 g/mol. The average molecular weight is 231 g/mol. The summed E-state index contributed by atoms with van der Waals surface area (Å²) in [5.74, 6) is 1.63. The topological polar surface area (TPSA) is 21.3 Å². The normalized spacial score (nSPS) is 19.9. The van der Waals surface area contributed by atoms with Crippen LogP contribution in [-0.2, 0) is 0 Å². The maximum atomic E-state index is 5.60. The van der Waals surface area contributed by atoms with Crippen molar-refractivity contribution in [3.63, 3.8) is 0 Å². The lowest BCUT2D eigenvalue weighted by Gasteiger charge is -2.23. The predicted molar refractivity (Wildman–Crippen MR) is 71.6 cm³/mol. The van der Waals surface area contributed by atoms with Crippen LogP contribution >= 0.6 is 0 Å². The molecule has 0 saturated carbocycles. The van der Waals surface area contributed by atoms with Crippen molar-refractivity contribution in [2.24, 2.45) is 0 Å². The third-order valence-corrected chi connectivity index (χ3v) is 3.24. The summed E-state index contributed by atoms with van der Waals surface area (Å²) in [6.07, 6.45) is 5.35. The lowest BCUT2D eigenvalue weighted by molar-refractivity contribution is 0.325. The second-order valence-electron chi connectivity index (χ2n) is 4.54. The van der Waals surface area contributed by atoms with Crippen LogP contribution in [0, 0.1) is 0 Å². The average Bonchev–Trinajstić information content (AvgIpc) is 2.41. The summed E-state index contributed by atoms with van der Waals surface area (Å²) in [4.78, 5) is 0. The van der Waals surface area contributed by atoms with Gasteiger partial charge in [0.2, 0.25) is 0 Å². The highest BCUT2D eigenvalue weighted by Gasteiger charge is 2.14. The Hall–Kier alpha value is -1.28. The van der Waals surface area contributed by atoms with Gasteiger partial charge < -0.3 is 10.1 Å². The first-order chi connectivity index (χ1) is 8.40. The number of piperidine rings is 1. The van der Waals surface area contributed by atoms with E-state index in [2.05, 4.69) is 36.2 Å². The van der Waals surface area contributed by atoms with E-state index < -0.39 is 0 Å². The fourth-order valence-corrected chi connectivity index (χ4v) is 2.23. The van der Waals surface area contributed by atoms with Gasteiger partial charge in [0.05, 0.1) is 6.61 Å². The standard InChI is InChI=1S/C15H21NO/c1-2-3-11-17-15-8-6-13(7-9-15)14-5-4-10-16-12-14/h2,6-9,14,16H,1,3-5,10-12H2. The Morgan fingerprint density at radius 2 is 2.18 bits per heavy atom. The number of ether oxygens (including phenoxy) is 1. The Kier molecular flexibility index (Phi) is 4.63. The van der Waals surface area contributed by atoms with Gasteiger partial charge >= 0.3 is 0 Å². The molecule has 0 amide bonds. The first-order valence-electron chi connectivity index (χ1n) is 6.44. The van der Waals surface area contributed by atoms with E-state index in [1.54, 1.807) is 0 Å². The van der Waals surface area contributed by atoms with Crippen LogP contribution in [0.15, 0.2) is 36.9 Å². The third kappa shape index (κ3) is 3.60. The molecule has 0 bridgehead atoms. The minimum atomic E-state index is 0.672. The molecule has 2 nitrogen and oxygen atoms in total. The van der Waals surface area contributed by atoms with Crippen molar-refractivity contribution >= 4 is 0 Å². The van der Waals surface area contributed by atoms with Crippen LogP contribution in [0.1, 0.15) is 30.7 Å². The summed E-state index contributed by atoms with van der Waals surface area (Å²) < 4.78 is 5.60. The quantitative estimate of drug-likeness (QED) is 0.621. The van der Waals surface area contributed by atoms with E-state index in [4.69, 9.17) is 4.74 Å². The van der Waals surface area contributed by atoms with Crippen LogP contribution in [0.25, 0.3) is 0 Å². The number of rotatable bonds is 5. The van der Waals surface area contributed by atoms with Gasteiger partial charge in [-0.3, -0.25) is 0 Å². The molecule has 0 aromatic heterocycles. The Labute approximate surface area is 104 Å². The smallest absolute Gasteiger partial charge is 0.119 e. The van der Waals surface area contributed by atoms with Crippen molar-refractivity contribution in [1.29, 1.82) is 0 Å². The molecule has 0 aliphatic carbocycles. The summed E-state index contributed by atoms with van der Waals surface area (Å²) in [6, 6.07) is 8.54. The van der Waals surface area contributed by atoms with Gasteiger partial charge in [-0.2, -0.15) is 0 Å². The molecule has 1 aromatic rings. The largest absolute Gasteiger partial charge is 0.493 e. The number of benzene rings is 1. The molecule has 17 heavy (non-hydrogen) atoms. The summed E-state index contributed by atoms with van der Waals surface area (Å²) in [5, 5.41) is 3.45. The maximum absolute atomic E-state index is 5.60. The van der Waals surface area contributed by atoms with Crippen molar-refractivity contribution < 1.29 is 4.74 Å². The third-order valence-electron chi connectivity index (χ3n) is 3.24. The van der Waals surface area contributed by atoms with Gasteiger partial charge in [0.1, 0.15) is 5.75 Å². The van der Waals surface area contributed by atoms with Crippen LogP contribution in [-0.4, -0.2) is 19.7 Å². The molecule has 1 aliphatic heterocycles. The molecule has 1 heterocycles. The van der Waals surface area contributed by atoms with Crippen molar-refractivity contribution in [2.75, 3.05) is 19.7 Å². The Bertz CT molecular complexity index is 338. The first kappa shape index (κ1) is 12.2. The van der Waals surface area contributed by atoms with Crippen LogP contribution in [0.4, 0.5) is 0 Å². The van der Waals surface area contributed by atoms with Gasteiger partial charge in [0.15, 0.2) is 0 Å². The molecular formula is C15H21NO. The molecule has 92 valence electrons. The molecule has 2 heteroatoms. The molecule has 1 N–H and O–H groups in total. The first-order valence-corrected chi connectivity index (χ1v) is 6.44. The summed E-state index contributed by atoms with van der Waals surface area (Å²) >= 11 is 0.